The van der Waals surface area contributed by atoms with Gasteiger partial charge >= 0.3 is 11.9 Å². The van der Waals surface area contributed by atoms with Gasteiger partial charge in [0.2, 0.25) is 0 Å². The summed E-state index contributed by atoms with van der Waals surface area (Å²) in [6.07, 6.45) is 8.70. The van der Waals surface area contributed by atoms with E-state index in [2.05, 4.69) is 57.8 Å². The van der Waals surface area contributed by atoms with Gasteiger partial charge in [-0.3, -0.25) is 14.7 Å². The molecule has 27 heavy (non-hydrogen) atoms. The van der Waals surface area contributed by atoms with E-state index in [9.17, 15) is 9.59 Å². The smallest absolute Gasteiger partial charge is 0.328 e. The van der Waals surface area contributed by atoms with Crippen LogP contribution in [0.3, 0.4) is 0 Å². The molecule has 0 saturated heterocycles. The first-order valence-electron chi connectivity index (χ1n) is 8.01. The second kappa shape index (κ2) is 9.57. The van der Waals surface area contributed by atoms with E-state index in [1.54, 1.807) is 12.4 Å². The Bertz CT molecular complexity index is 932. The Morgan fingerprint density at radius 3 is 2.26 bits per heavy atom. The number of benzene rings is 1. The van der Waals surface area contributed by atoms with Crippen molar-refractivity contribution in [2.45, 2.75) is 0 Å². The van der Waals surface area contributed by atoms with Crippen LogP contribution >= 0.6 is 0 Å². The number of carbonyl (C=O) groups is 2. The first kappa shape index (κ1) is 19.5. The average Bonchev–Trinajstić information content (AvgIpc) is 3.09. The van der Waals surface area contributed by atoms with E-state index < -0.39 is 11.9 Å². The Balaban J connectivity index is 0.000000279. The van der Waals surface area contributed by atoms with E-state index in [1.165, 1.54) is 10.9 Å². The standard InChI is InChI=1S/C16H15N3.C4H4O4/c1-2-12-18(15-7-10-17-11-8-15)19-13-9-14-5-3-4-6-16(14)19;5-3(6)1-2-4(7)8/h2-11,13H,1,12H2;1-2H,(H,5,6)(H,7,8). The molecule has 1 aromatic carbocycles. The second-order valence-corrected chi connectivity index (χ2v) is 5.31. The number of carboxylic acid groups (broad SMARTS) is 2. The number of fused-ring (bicyclic) bond motifs is 1. The Morgan fingerprint density at radius 2 is 1.67 bits per heavy atom. The monoisotopic (exact) mass is 365 g/mol. The van der Waals surface area contributed by atoms with Crippen LogP contribution in [0.4, 0.5) is 5.69 Å². The summed E-state index contributed by atoms with van der Waals surface area (Å²) in [5, 5.41) is 19.0. The molecule has 0 fully saturated rings. The molecule has 7 heteroatoms. The molecule has 0 aliphatic rings. The van der Waals surface area contributed by atoms with Gasteiger partial charge in [0.05, 0.1) is 17.7 Å². The molecule has 2 aromatic heterocycles. The third-order valence-electron chi connectivity index (χ3n) is 3.47. The van der Waals surface area contributed by atoms with Gasteiger partial charge in [0.1, 0.15) is 0 Å². The van der Waals surface area contributed by atoms with Crippen molar-refractivity contribution >= 4 is 28.5 Å². The van der Waals surface area contributed by atoms with Gasteiger partial charge in [0.15, 0.2) is 0 Å². The number of nitrogens with zero attached hydrogens (tertiary/aromatic N) is 3. The van der Waals surface area contributed by atoms with Crippen molar-refractivity contribution in [2.75, 3.05) is 11.6 Å². The minimum absolute atomic E-state index is 0.558. The van der Waals surface area contributed by atoms with Gasteiger partial charge in [-0.2, -0.15) is 0 Å². The van der Waals surface area contributed by atoms with Crippen molar-refractivity contribution in [2.24, 2.45) is 0 Å². The fraction of sp³-hybridized carbons (Fsp3) is 0.0500. The zero-order valence-electron chi connectivity index (χ0n) is 14.5. The van der Waals surface area contributed by atoms with E-state index in [0.717, 1.165) is 12.2 Å². The fourth-order valence-corrected chi connectivity index (χ4v) is 2.38. The number of aliphatic carboxylic acids is 2. The van der Waals surface area contributed by atoms with Gasteiger partial charge in [-0.25, -0.2) is 9.59 Å². The summed E-state index contributed by atoms with van der Waals surface area (Å²) < 4.78 is 2.15. The zero-order chi connectivity index (χ0) is 19.6. The third-order valence-corrected chi connectivity index (χ3v) is 3.47. The molecule has 0 spiro atoms. The Kier molecular flexibility index (Phi) is 6.90. The molecule has 3 aromatic rings. The quantitative estimate of drug-likeness (QED) is 0.514. The molecule has 138 valence electrons. The first-order chi connectivity index (χ1) is 13.0. The lowest BCUT2D eigenvalue weighted by molar-refractivity contribution is -0.134. The molecule has 7 nitrogen and oxygen atoms in total. The van der Waals surface area contributed by atoms with Crippen LogP contribution in [0.5, 0.6) is 0 Å². The number of rotatable bonds is 6. The maximum absolute atomic E-state index is 9.55. The number of anilines is 1. The number of carboxylic acids is 2. The lowest BCUT2D eigenvalue weighted by Gasteiger charge is -2.25. The molecule has 0 unspecified atom stereocenters. The summed E-state index contributed by atoms with van der Waals surface area (Å²) in [5.41, 5.74) is 2.28. The van der Waals surface area contributed by atoms with Crippen molar-refractivity contribution in [3.05, 3.63) is 85.9 Å². The van der Waals surface area contributed by atoms with Crippen LogP contribution in [0.15, 0.2) is 85.9 Å². The summed E-state index contributed by atoms with van der Waals surface area (Å²) in [4.78, 5) is 23.2. The summed E-state index contributed by atoms with van der Waals surface area (Å²) in [6, 6.07) is 14.5. The van der Waals surface area contributed by atoms with E-state index >= 15 is 0 Å². The highest BCUT2D eigenvalue weighted by molar-refractivity contribution is 5.89. The number of para-hydroxylation sites is 1. The van der Waals surface area contributed by atoms with Crippen LogP contribution in [-0.4, -0.2) is 38.4 Å². The van der Waals surface area contributed by atoms with Crippen molar-refractivity contribution in [1.82, 2.24) is 9.66 Å². The average molecular weight is 365 g/mol. The highest BCUT2D eigenvalue weighted by atomic mass is 16.4. The van der Waals surface area contributed by atoms with Gasteiger partial charge in [-0.15, -0.1) is 6.58 Å². The highest BCUT2D eigenvalue weighted by Gasteiger charge is 2.09. The molecule has 0 aliphatic carbocycles. The predicted octanol–water partition coefficient (Wildman–Crippen LogP) is 3.20. The SMILES string of the molecule is C=CCN(c1ccncc1)n1ccc2ccccc21.O=C(O)C=CC(=O)O. The Labute approximate surface area is 156 Å². The van der Waals surface area contributed by atoms with Crippen LogP contribution in [0.25, 0.3) is 10.9 Å². The van der Waals surface area contributed by atoms with E-state index in [-0.39, 0.29) is 0 Å². The van der Waals surface area contributed by atoms with Gasteiger partial charge in [0, 0.05) is 36.1 Å². The maximum atomic E-state index is 9.55. The predicted molar refractivity (Wildman–Crippen MR) is 104 cm³/mol. The number of hydrogen-bond acceptors (Lipinski definition) is 4. The fourth-order valence-electron chi connectivity index (χ4n) is 2.38. The molecule has 0 atom stereocenters. The van der Waals surface area contributed by atoms with Crippen LogP contribution < -0.4 is 5.01 Å². The zero-order valence-corrected chi connectivity index (χ0v) is 14.5. The molecule has 0 bridgehead atoms. The molecule has 2 N–H and O–H groups in total. The van der Waals surface area contributed by atoms with Crippen LogP contribution in [0.2, 0.25) is 0 Å². The van der Waals surface area contributed by atoms with Crippen LogP contribution in [0.1, 0.15) is 0 Å². The number of pyridine rings is 1. The molecule has 2 heterocycles. The van der Waals surface area contributed by atoms with Crippen LogP contribution in [0, 0.1) is 0 Å². The largest absolute Gasteiger partial charge is 0.478 e. The van der Waals surface area contributed by atoms with E-state index in [4.69, 9.17) is 10.2 Å². The van der Waals surface area contributed by atoms with Crippen molar-refractivity contribution < 1.29 is 19.8 Å². The highest BCUT2D eigenvalue weighted by Crippen LogP contribution is 2.20. The minimum atomic E-state index is -1.26. The van der Waals surface area contributed by atoms with Crippen molar-refractivity contribution in [1.29, 1.82) is 0 Å². The lowest BCUT2D eigenvalue weighted by Crippen LogP contribution is -2.28. The van der Waals surface area contributed by atoms with Gasteiger partial charge in [0.25, 0.3) is 0 Å². The molecule has 0 saturated carbocycles. The summed E-state index contributed by atoms with van der Waals surface area (Å²) >= 11 is 0. The van der Waals surface area contributed by atoms with E-state index in [0.29, 0.717) is 12.2 Å². The molecule has 3 rings (SSSR count). The summed E-state index contributed by atoms with van der Waals surface area (Å²) in [7, 11) is 0. The topological polar surface area (TPSA) is 95.7 Å². The first-order valence-corrected chi connectivity index (χ1v) is 8.01. The Hall–Kier alpha value is -3.87. The Morgan fingerprint density at radius 1 is 1.04 bits per heavy atom. The molecule has 0 aliphatic heterocycles. The molecular formula is C20H19N3O4. The minimum Gasteiger partial charge on any atom is -0.478 e. The third kappa shape index (κ3) is 5.57. The molecular weight excluding hydrogens is 346 g/mol. The van der Waals surface area contributed by atoms with Gasteiger partial charge in [-0.1, -0.05) is 24.3 Å². The lowest BCUT2D eigenvalue weighted by atomic mass is 10.2. The number of hydrogen-bond donors (Lipinski definition) is 2. The van der Waals surface area contributed by atoms with Gasteiger partial charge in [-0.05, 0) is 24.3 Å². The normalized spacial score (nSPS) is 10.2. The van der Waals surface area contributed by atoms with Gasteiger partial charge < -0.3 is 10.2 Å². The van der Waals surface area contributed by atoms with Crippen molar-refractivity contribution in [3.8, 4) is 0 Å². The second-order valence-electron chi connectivity index (χ2n) is 5.31. The molecule has 0 amide bonds. The van der Waals surface area contributed by atoms with Crippen molar-refractivity contribution in [3.63, 3.8) is 0 Å². The number of aromatic nitrogens is 2. The van der Waals surface area contributed by atoms with Crippen LogP contribution in [-0.2, 0) is 9.59 Å². The maximum Gasteiger partial charge on any atom is 0.328 e. The summed E-state index contributed by atoms with van der Waals surface area (Å²) in [5.74, 6) is -2.51. The van der Waals surface area contributed by atoms with E-state index in [1.807, 2.05) is 18.2 Å². The summed E-state index contributed by atoms with van der Waals surface area (Å²) in [6.45, 7) is 4.58. The molecule has 0 radical (unpaired) electrons.